The lowest BCUT2D eigenvalue weighted by atomic mass is 10.1. The summed E-state index contributed by atoms with van der Waals surface area (Å²) < 4.78 is 22.6. The monoisotopic (exact) mass is 360 g/mol. The van der Waals surface area contributed by atoms with E-state index in [1.54, 1.807) is 6.07 Å². The number of hydrogen-bond acceptors (Lipinski definition) is 5. The van der Waals surface area contributed by atoms with E-state index < -0.39 is 10.0 Å². The number of benzene rings is 1. The molecule has 1 fully saturated rings. The third-order valence-corrected chi connectivity index (χ3v) is 5.42. The molecule has 0 atom stereocenters. The molecule has 2 aromatic rings. The first-order chi connectivity index (χ1) is 11.9. The van der Waals surface area contributed by atoms with Gasteiger partial charge >= 0.3 is 0 Å². The van der Waals surface area contributed by atoms with Crippen molar-refractivity contribution in [1.82, 2.24) is 4.98 Å². The Kier molecular flexibility index (Phi) is 5.24. The van der Waals surface area contributed by atoms with Crippen LogP contribution in [0.5, 0.6) is 0 Å². The van der Waals surface area contributed by atoms with Crippen LogP contribution in [-0.4, -0.2) is 33.5 Å². The lowest BCUT2D eigenvalue weighted by Crippen LogP contribution is -2.29. The van der Waals surface area contributed by atoms with E-state index in [0.717, 1.165) is 13.1 Å². The van der Waals surface area contributed by atoms with Gasteiger partial charge in [-0.05, 0) is 49.1 Å². The topological polar surface area (TPSA) is 79.5 Å². The Bertz CT molecular complexity index is 798. The Morgan fingerprint density at radius 3 is 2.32 bits per heavy atom. The molecule has 6 nitrogen and oxygen atoms in total. The third-order valence-electron chi connectivity index (χ3n) is 4.52. The van der Waals surface area contributed by atoms with E-state index in [2.05, 4.69) is 34.1 Å². The average molecular weight is 360 g/mol. The number of nitrogens with zero attached hydrogens (tertiary/aromatic N) is 3. The minimum absolute atomic E-state index is 0.0236. The van der Waals surface area contributed by atoms with E-state index in [4.69, 9.17) is 5.14 Å². The summed E-state index contributed by atoms with van der Waals surface area (Å²) in [5, 5.41) is 5.10. The molecule has 0 aliphatic carbocycles. The van der Waals surface area contributed by atoms with Gasteiger partial charge in [-0.2, -0.15) is 0 Å². The van der Waals surface area contributed by atoms with Crippen molar-refractivity contribution in [3.8, 4) is 0 Å². The fourth-order valence-corrected chi connectivity index (χ4v) is 3.54. The van der Waals surface area contributed by atoms with Gasteiger partial charge in [-0.1, -0.05) is 12.1 Å². The standard InChI is InChI=1S/C18H24N4O2S/c1-21(18-10-9-17(13-20-18)25(19,23)24)14-15-5-7-16(8-6-15)22-11-3-2-4-12-22/h5-10,13H,2-4,11-12,14H2,1H3,(H2,19,23,24). The zero-order valence-corrected chi connectivity index (χ0v) is 15.2. The largest absolute Gasteiger partial charge is 0.372 e. The maximum atomic E-state index is 11.3. The summed E-state index contributed by atoms with van der Waals surface area (Å²) in [6, 6.07) is 11.8. The van der Waals surface area contributed by atoms with Crippen LogP contribution in [0.2, 0.25) is 0 Å². The van der Waals surface area contributed by atoms with Crippen molar-refractivity contribution < 1.29 is 8.42 Å². The minimum atomic E-state index is -3.71. The van der Waals surface area contributed by atoms with Crippen LogP contribution in [0.15, 0.2) is 47.5 Å². The van der Waals surface area contributed by atoms with Crippen molar-refractivity contribution in [2.75, 3.05) is 29.9 Å². The highest BCUT2D eigenvalue weighted by Crippen LogP contribution is 2.21. The van der Waals surface area contributed by atoms with Crippen molar-refractivity contribution >= 4 is 21.5 Å². The quantitative estimate of drug-likeness (QED) is 0.885. The van der Waals surface area contributed by atoms with Crippen molar-refractivity contribution in [3.05, 3.63) is 48.2 Å². The molecule has 134 valence electrons. The van der Waals surface area contributed by atoms with Crippen molar-refractivity contribution in [1.29, 1.82) is 0 Å². The molecule has 0 bridgehead atoms. The van der Waals surface area contributed by atoms with E-state index in [1.165, 1.54) is 42.8 Å². The fourth-order valence-electron chi connectivity index (χ4n) is 3.09. The van der Waals surface area contributed by atoms with Crippen LogP contribution in [0.3, 0.4) is 0 Å². The molecule has 0 amide bonds. The Morgan fingerprint density at radius 1 is 1.08 bits per heavy atom. The van der Waals surface area contributed by atoms with E-state index in [1.807, 2.05) is 11.9 Å². The lowest BCUT2D eigenvalue weighted by Gasteiger charge is -2.29. The van der Waals surface area contributed by atoms with Gasteiger partial charge in [-0.3, -0.25) is 0 Å². The Labute approximate surface area is 149 Å². The van der Waals surface area contributed by atoms with Crippen molar-refractivity contribution in [2.24, 2.45) is 5.14 Å². The zero-order valence-electron chi connectivity index (χ0n) is 14.4. The number of nitrogens with two attached hydrogens (primary N) is 1. The summed E-state index contributed by atoms with van der Waals surface area (Å²) in [5.74, 6) is 0.701. The van der Waals surface area contributed by atoms with Crippen molar-refractivity contribution in [2.45, 2.75) is 30.7 Å². The van der Waals surface area contributed by atoms with Crippen LogP contribution >= 0.6 is 0 Å². The SMILES string of the molecule is CN(Cc1ccc(N2CCCCC2)cc1)c1ccc(S(N)(=O)=O)cn1. The van der Waals surface area contributed by atoms with Gasteiger partial charge in [0.25, 0.3) is 0 Å². The zero-order chi connectivity index (χ0) is 17.9. The number of hydrogen-bond donors (Lipinski definition) is 1. The van der Waals surface area contributed by atoms with Crippen LogP contribution in [0, 0.1) is 0 Å². The van der Waals surface area contributed by atoms with Crippen LogP contribution in [-0.2, 0) is 16.6 Å². The molecule has 1 aliphatic rings. The van der Waals surface area contributed by atoms with E-state index >= 15 is 0 Å². The van der Waals surface area contributed by atoms with Gasteiger partial charge in [0.1, 0.15) is 10.7 Å². The van der Waals surface area contributed by atoms with Gasteiger partial charge < -0.3 is 9.80 Å². The molecule has 0 saturated carbocycles. The number of rotatable bonds is 5. The van der Waals surface area contributed by atoms with Gasteiger partial charge in [-0.25, -0.2) is 18.5 Å². The number of sulfonamides is 1. The van der Waals surface area contributed by atoms with Crippen LogP contribution < -0.4 is 14.9 Å². The predicted molar refractivity (Wildman–Crippen MR) is 100 cm³/mol. The second kappa shape index (κ2) is 7.41. The molecule has 1 saturated heterocycles. The molecule has 2 N–H and O–H groups in total. The molecular formula is C18H24N4O2S. The van der Waals surface area contributed by atoms with E-state index in [-0.39, 0.29) is 4.90 Å². The minimum Gasteiger partial charge on any atom is -0.372 e. The number of anilines is 2. The second-order valence-electron chi connectivity index (χ2n) is 6.47. The van der Waals surface area contributed by atoms with Gasteiger partial charge in [-0.15, -0.1) is 0 Å². The summed E-state index contributed by atoms with van der Waals surface area (Å²) in [7, 11) is -1.78. The maximum absolute atomic E-state index is 11.3. The van der Waals surface area contributed by atoms with Gasteiger partial charge in [0.2, 0.25) is 10.0 Å². The summed E-state index contributed by atoms with van der Waals surface area (Å²) in [4.78, 5) is 8.62. The van der Waals surface area contributed by atoms with Crippen molar-refractivity contribution in [3.63, 3.8) is 0 Å². The summed E-state index contributed by atoms with van der Waals surface area (Å²) in [5.41, 5.74) is 2.46. The molecule has 3 rings (SSSR count). The number of primary sulfonamides is 1. The summed E-state index contributed by atoms with van der Waals surface area (Å²) >= 11 is 0. The average Bonchev–Trinajstić information content (AvgIpc) is 2.62. The lowest BCUT2D eigenvalue weighted by molar-refractivity contribution is 0.578. The molecule has 0 spiro atoms. The summed E-state index contributed by atoms with van der Waals surface area (Å²) in [6.45, 7) is 2.97. The molecule has 2 heterocycles. The Morgan fingerprint density at radius 2 is 1.76 bits per heavy atom. The van der Waals surface area contributed by atoms with Gasteiger partial charge in [0, 0.05) is 38.6 Å². The number of piperidine rings is 1. The summed E-state index contributed by atoms with van der Waals surface area (Å²) in [6.07, 6.45) is 5.16. The van der Waals surface area contributed by atoms with Gasteiger partial charge in [0.05, 0.1) is 0 Å². The van der Waals surface area contributed by atoms with E-state index in [0.29, 0.717) is 12.4 Å². The first kappa shape index (κ1) is 17.7. The van der Waals surface area contributed by atoms with Crippen LogP contribution in [0.25, 0.3) is 0 Å². The molecule has 25 heavy (non-hydrogen) atoms. The van der Waals surface area contributed by atoms with Crippen LogP contribution in [0.4, 0.5) is 11.5 Å². The van der Waals surface area contributed by atoms with Crippen LogP contribution in [0.1, 0.15) is 24.8 Å². The first-order valence-electron chi connectivity index (χ1n) is 8.47. The smallest absolute Gasteiger partial charge is 0.239 e. The highest BCUT2D eigenvalue weighted by Gasteiger charge is 2.12. The fraction of sp³-hybridized carbons (Fsp3) is 0.389. The first-order valence-corrected chi connectivity index (χ1v) is 10.0. The Hall–Kier alpha value is -2.12. The normalized spacial score (nSPS) is 15.2. The number of aromatic nitrogens is 1. The van der Waals surface area contributed by atoms with Gasteiger partial charge in [0.15, 0.2) is 0 Å². The number of pyridine rings is 1. The second-order valence-corrected chi connectivity index (χ2v) is 8.03. The molecule has 1 aromatic carbocycles. The molecule has 0 unspecified atom stereocenters. The molecular weight excluding hydrogens is 336 g/mol. The highest BCUT2D eigenvalue weighted by molar-refractivity contribution is 7.89. The molecule has 0 radical (unpaired) electrons. The molecule has 1 aliphatic heterocycles. The Balaban J connectivity index is 1.65. The maximum Gasteiger partial charge on any atom is 0.239 e. The predicted octanol–water partition coefficient (Wildman–Crippen LogP) is 2.36. The molecule has 1 aromatic heterocycles. The highest BCUT2D eigenvalue weighted by atomic mass is 32.2. The van der Waals surface area contributed by atoms with E-state index in [9.17, 15) is 8.42 Å². The molecule has 7 heteroatoms. The third kappa shape index (κ3) is 4.49.